The lowest BCUT2D eigenvalue weighted by Gasteiger charge is -2.34. The van der Waals surface area contributed by atoms with Gasteiger partial charge in [0.25, 0.3) is 0 Å². The van der Waals surface area contributed by atoms with Crippen LogP contribution in [0.2, 0.25) is 0 Å². The zero-order valence-electron chi connectivity index (χ0n) is 14.6. The van der Waals surface area contributed by atoms with Crippen molar-refractivity contribution in [3.63, 3.8) is 0 Å². The normalized spacial score (nSPS) is 22.0. The summed E-state index contributed by atoms with van der Waals surface area (Å²) in [6.45, 7) is 7.50. The van der Waals surface area contributed by atoms with Crippen LogP contribution in [0.25, 0.3) is 0 Å². The van der Waals surface area contributed by atoms with E-state index in [1.807, 2.05) is 20.8 Å². The zero-order valence-corrected chi connectivity index (χ0v) is 14.6. The number of rotatable bonds is 6. The third-order valence-electron chi connectivity index (χ3n) is 4.98. The van der Waals surface area contributed by atoms with Crippen LogP contribution in [0.5, 0.6) is 0 Å². The number of hydrogen-bond donors (Lipinski definition) is 2. The summed E-state index contributed by atoms with van der Waals surface area (Å²) in [7, 11) is 0. The number of carbonyl (C=O) groups excluding carboxylic acids is 1. The molecule has 2 N–H and O–H groups in total. The predicted octanol–water partition coefficient (Wildman–Crippen LogP) is 3.85. The van der Waals surface area contributed by atoms with E-state index in [1.165, 1.54) is 51.4 Å². The highest BCUT2D eigenvalue weighted by Gasteiger charge is 2.26. The molecule has 0 aliphatic heterocycles. The van der Waals surface area contributed by atoms with E-state index in [4.69, 9.17) is 4.74 Å². The third kappa shape index (κ3) is 6.15. The smallest absolute Gasteiger partial charge is 0.407 e. The second-order valence-electron chi connectivity index (χ2n) is 8.09. The fourth-order valence-electron chi connectivity index (χ4n) is 3.46. The lowest BCUT2D eigenvalue weighted by molar-refractivity contribution is 0.0515. The van der Waals surface area contributed by atoms with Crippen LogP contribution in [0, 0.1) is 11.8 Å². The Morgan fingerprint density at radius 1 is 1.09 bits per heavy atom. The molecule has 0 saturated heterocycles. The van der Waals surface area contributed by atoms with Crippen molar-refractivity contribution in [2.75, 3.05) is 13.1 Å². The quantitative estimate of drug-likeness (QED) is 0.783. The minimum atomic E-state index is -0.427. The minimum absolute atomic E-state index is 0.293. The van der Waals surface area contributed by atoms with Crippen LogP contribution in [0.1, 0.15) is 72.1 Å². The first-order chi connectivity index (χ1) is 10.4. The molecule has 0 aromatic carbocycles. The third-order valence-corrected chi connectivity index (χ3v) is 4.98. The molecular weight excluding hydrogens is 276 g/mol. The lowest BCUT2D eigenvalue weighted by Crippen LogP contribution is -2.48. The van der Waals surface area contributed by atoms with Crippen molar-refractivity contribution in [1.82, 2.24) is 10.6 Å². The largest absolute Gasteiger partial charge is 0.444 e. The number of nitrogens with one attached hydrogen (secondary N) is 2. The Morgan fingerprint density at radius 2 is 1.77 bits per heavy atom. The van der Waals surface area contributed by atoms with Crippen molar-refractivity contribution in [3.05, 3.63) is 0 Å². The van der Waals surface area contributed by atoms with E-state index in [0.29, 0.717) is 18.5 Å². The Kier molecular flexibility index (Phi) is 6.54. The number of alkyl carbamates (subject to hydrolysis) is 1. The number of amides is 1. The van der Waals surface area contributed by atoms with Gasteiger partial charge in [-0.15, -0.1) is 0 Å². The van der Waals surface area contributed by atoms with Gasteiger partial charge in [0.2, 0.25) is 0 Å². The summed E-state index contributed by atoms with van der Waals surface area (Å²) in [5.41, 5.74) is -0.427. The van der Waals surface area contributed by atoms with Crippen LogP contribution in [0.4, 0.5) is 4.79 Å². The Morgan fingerprint density at radius 3 is 2.32 bits per heavy atom. The van der Waals surface area contributed by atoms with Crippen LogP contribution in [-0.2, 0) is 4.74 Å². The van der Waals surface area contributed by atoms with Gasteiger partial charge >= 0.3 is 6.09 Å². The van der Waals surface area contributed by atoms with Gasteiger partial charge in [0.15, 0.2) is 0 Å². The maximum Gasteiger partial charge on any atom is 0.407 e. The van der Waals surface area contributed by atoms with E-state index in [0.717, 1.165) is 12.5 Å². The van der Waals surface area contributed by atoms with Crippen molar-refractivity contribution >= 4 is 6.09 Å². The van der Waals surface area contributed by atoms with Crippen molar-refractivity contribution in [3.8, 4) is 0 Å². The summed E-state index contributed by atoms with van der Waals surface area (Å²) in [6, 6.07) is 0.397. The van der Waals surface area contributed by atoms with Crippen LogP contribution in [0.3, 0.4) is 0 Å². The molecule has 4 heteroatoms. The Hall–Kier alpha value is -0.770. The predicted molar refractivity (Wildman–Crippen MR) is 89.9 cm³/mol. The minimum Gasteiger partial charge on any atom is -0.444 e. The van der Waals surface area contributed by atoms with Gasteiger partial charge in [-0.3, -0.25) is 0 Å². The van der Waals surface area contributed by atoms with E-state index in [2.05, 4.69) is 10.6 Å². The molecule has 0 spiro atoms. The molecule has 0 radical (unpaired) electrons. The fourth-order valence-corrected chi connectivity index (χ4v) is 3.46. The number of carbonyl (C=O) groups is 1. The Bertz CT molecular complexity index is 341. The van der Waals surface area contributed by atoms with Gasteiger partial charge in [-0.2, -0.15) is 0 Å². The molecule has 2 saturated carbocycles. The van der Waals surface area contributed by atoms with Gasteiger partial charge in [0.1, 0.15) is 5.60 Å². The van der Waals surface area contributed by atoms with Gasteiger partial charge in [-0.05, 0) is 64.8 Å². The maximum absolute atomic E-state index is 11.9. The Labute approximate surface area is 135 Å². The molecule has 1 unspecified atom stereocenters. The molecule has 128 valence electrons. The zero-order chi connectivity index (χ0) is 16.0. The van der Waals surface area contributed by atoms with Crippen LogP contribution < -0.4 is 10.6 Å². The summed E-state index contributed by atoms with van der Waals surface area (Å²) in [5.74, 6) is 1.55. The fraction of sp³-hybridized carbons (Fsp3) is 0.944. The molecule has 22 heavy (non-hydrogen) atoms. The summed E-state index contributed by atoms with van der Waals surface area (Å²) in [6.07, 6.45) is 10.4. The summed E-state index contributed by atoms with van der Waals surface area (Å²) in [4.78, 5) is 11.9. The van der Waals surface area contributed by atoms with E-state index in [-0.39, 0.29) is 6.09 Å². The molecule has 0 aromatic rings. The van der Waals surface area contributed by atoms with Crippen LogP contribution >= 0.6 is 0 Å². The first kappa shape index (κ1) is 17.6. The highest BCUT2D eigenvalue weighted by atomic mass is 16.6. The van der Waals surface area contributed by atoms with Crippen molar-refractivity contribution < 1.29 is 9.53 Å². The molecule has 1 amide bonds. The topological polar surface area (TPSA) is 50.4 Å². The molecule has 2 aliphatic rings. The first-order valence-electron chi connectivity index (χ1n) is 9.14. The average Bonchev–Trinajstić information content (AvgIpc) is 2.39. The van der Waals surface area contributed by atoms with Crippen LogP contribution in [0.15, 0.2) is 0 Å². The van der Waals surface area contributed by atoms with E-state index in [1.54, 1.807) is 0 Å². The monoisotopic (exact) mass is 310 g/mol. The number of ether oxygens (including phenoxy) is 1. The highest BCUT2D eigenvalue weighted by molar-refractivity contribution is 5.67. The van der Waals surface area contributed by atoms with Crippen molar-refractivity contribution in [2.24, 2.45) is 11.8 Å². The molecule has 0 bridgehead atoms. The van der Waals surface area contributed by atoms with Crippen molar-refractivity contribution in [2.45, 2.75) is 83.8 Å². The summed E-state index contributed by atoms with van der Waals surface area (Å²) < 4.78 is 5.36. The first-order valence-corrected chi connectivity index (χ1v) is 9.14. The molecular formula is C18H34N2O2. The molecule has 4 nitrogen and oxygen atoms in total. The highest BCUT2D eigenvalue weighted by Crippen LogP contribution is 2.28. The standard InChI is InChI=1S/C18H34N2O2/c1-18(2,3)22-17(21)20-13-16(15-10-5-4-6-11-15)19-12-14-8-7-9-14/h14-16,19H,4-13H2,1-3H3,(H,20,21). The van der Waals surface area contributed by atoms with Gasteiger partial charge in [-0.1, -0.05) is 25.7 Å². The van der Waals surface area contributed by atoms with Crippen LogP contribution in [-0.4, -0.2) is 30.8 Å². The Balaban J connectivity index is 1.78. The molecule has 2 fully saturated rings. The second-order valence-corrected chi connectivity index (χ2v) is 8.09. The SMILES string of the molecule is CC(C)(C)OC(=O)NCC(NCC1CCC1)C1CCCCC1. The molecule has 2 aliphatic carbocycles. The summed E-state index contributed by atoms with van der Waals surface area (Å²) >= 11 is 0. The number of hydrogen-bond acceptors (Lipinski definition) is 3. The average molecular weight is 310 g/mol. The lowest BCUT2D eigenvalue weighted by atomic mass is 9.82. The van der Waals surface area contributed by atoms with E-state index in [9.17, 15) is 4.79 Å². The van der Waals surface area contributed by atoms with Gasteiger partial charge in [0, 0.05) is 12.6 Å². The molecule has 2 rings (SSSR count). The molecule has 0 aromatic heterocycles. The van der Waals surface area contributed by atoms with E-state index < -0.39 is 5.60 Å². The molecule has 0 heterocycles. The van der Waals surface area contributed by atoms with Gasteiger partial charge in [0.05, 0.1) is 0 Å². The maximum atomic E-state index is 11.9. The molecule has 1 atom stereocenters. The van der Waals surface area contributed by atoms with Gasteiger partial charge < -0.3 is 15.4 Å². The summed E-state index contributed by atoms with van der Waals surface area (Å²) in [5, 5.41) is 6.71. The van der Waals surface area contributed by atoms with Crippen molar-refractivity contribution in [1.29, 1.82) is 0 Å². The van der Waals surface area contributed by atoms with E-state index >= 15 is 0 Å². The van der Waals surface area contributed by atoms with Gasteiger partial charge in [-0.25, -0.2) is 4.79 Å². The second kappa shape index (κ2) is 8.19.